The van der Waals surface area contributed by atoms with Gasteiger partial charge < -0.3 is 24.7 Å². The van der Waals surface area contributed by atoms with Crippen LogP contribution in [0.5, 0.6) is 17.2 Å². The van der Waals surface area contributed by atoms with Crippen LogP contribution in [0.2, 0.25) is 5.02 Å². The second kappa shape index (κ2) is 17.5. The molecule has 0 radical (unpaired) electrons. The molecule has 16 nitrogen and oxygen atoms in total. The Kier molecular flexibility index (Phi) is 12.2. The number of nitro groups is 1. The number of hydrogen-bond donors (Lipinski definition) is 3. The molecule has 19 heteroatoms. The Labute approximate surface area is 370 Å². The number of sulfone groups is 1. The molecule has 5 aromatic rings. The summed E-state index contributed by atoms with van der Waals surface area (Å²) in [5.74, 6) is -0.953. The van der Waals surface area contributed by atoms with Crippen molar-refractivity contribution in [3.63, 3.8) is 0 Å². The van der Waals surface area contributed by atoms with Gasteiger partial charge in [0.25, 0.3) is 21.6 Å². The van der Waals surface area contributed by atoms with Crippen molar-refractivity contribution in [1.82, 2.24) is 19.6 Å². The maximum atomic E-state index is 14.0. The minimum atomic E-state index is -4.72. The number of benzene rings is 3. The predicted molar refractivity (Wildman–Crippen MR) is 242 cm³/mol. The number of nitro benzene ring substituents is 1. The number of aromatic amines is 1. The molecule has 3 N–H and O–H groups in total. The third-order valence-electron chi connectivity index (χ3n) is 11.8. The van der Waals surface area contributed by atoms with Gasteiger partial charge in [-0.2, -0.15) is 0 Å². The van der Waals surface area contributed by atoms with E-state index in [1.54, 1.807) is 24.4 Å². The summed E-state index contributed by atoms with van der Waals surface area (Å²) in [5, 5.41) is 16.6. The van der Waals surface area contributed by atoms with Crippen LogP contribution in [0.3, 0.4) is 0 Å². The molecule has 4 heterocycles. The van der Waals surface area contributed by atoms with Crippen molar-refractivity contribution in [1.29, 1.82) is 0 Å². The molecule has 63 heavy (non-hydrogen) atoms. The zero-order chi connectivity index (χ0) is 44.7. The fraction of sp³-hybridized carbons (Fsp3) is 0.364. The second-order valence-corrected chi connectivity index (χ2v) is 21.5. The molecule has 1 aliphatic carbocycles. The lowest BCUT2D eigenvalue weighted by atomic mass is 9.72. The molecule has 0 saturated carbocycles. The molecule has 0 spiro atoms. The summed E-state index contributed by atoms with van der Waals surface area (Å²) in [5.41, 5.74) is 4.85. The van der Waals surface area contributed by atoms with Crippen LogP contribution < -0.4 is 24.4 Å². The molecule has 0 bridgehead atoms. The molecule has 1 fully saturated rings. The van der Waals surface area contributed by atoms with Crippen molar-refractivity contribution in [2.75, 3.05) is 61.6 Å². The van der Waals surface area contributed by atoms with Crippen LogP contribution >= 0.6 is 11.6 Å². The Bertz CT molecular complexity index is 2840. The number of ether oxygens (including phenoxy) is 2. The fourth-order valence-corrected chi connectivity index (χ4v) is 10.1. The molecular formula is C44H48ClN7O9S2. The van der Waals surface area contributed by atoms with E-state index in [1.807, 2.05) is 18.2 Å². The number of fused-ring (bicyclic) bond motifs is 2. The highest BCUT2D eigenvalue weighted by Crippen LogP contribution is 2.44. The smallest absolute Gasteiger partial charge is 0.297 e. The van der Waals surface area contributed by atoms with Crippen LogP contribution in [0.15, 0.2) is 89.6 Å². The lowest BCUT2D eigenvalue weighted by Crippen LogP contribution is -2.47. The Morgan fingerprint density at radius 2 is 1.81 bits per heavy atom. The Morgan fingerprint density at radius 3 is 2.54 bits per heavy atom. The van der Waals surface area contributed by atoms with E-state index < -0.39 is 47.3 Å². The first kappa shape index (κ1) is 43.9. The number of nitrogens with one attached hydrogen (secondary N) is 3. The van der Waals surface area contributed by atoms with E-state index in [0.29, 0.717) is 29.5 Å². The number of amides is 1. The van der Waals surface area contributed by atoms with E-state index in [4.69, 9.17) is 21.1 Å². The van der Waals surface area contributed by atoms with Crippen LogP contribution in [0.1, 0.15) is 55.5 Å². The number of sulfonamides is 1. The molecule has 3 aromatic carbocycles. The minimum absolute atomic E-state index is 0.0666. The van der Waals surface area contributed by atoms with E-state index in [2.05, 4.69) is 55.8 Å². The standard InChI is InChI=1S/C44H48ClN7O9S2/c1-44(2)13-10-30(37(24-44)28-4-6-31(45)7-5-28)26-50-15-17-51(18-16-50)33-8-9-36(39(21-33)61-34-20-29-11-14-46-42(29)47-25-34)43(53)49-63(58,59)35-22-38(52(54)55)41-40(23-35)60-27-32(48-41)12-19-62(3,56)57/h4-9,11,14,20-23,25,32,48H,10,12-13,15-19,24,26-27H2,1-3H3,(H,46,47)(H,49,53)/t32-/m1/s1. The van der Waals surface area contributed by atoms with Crippen LogP contribution in [-0.2, 0) is 19.9 Å². The van der Waals surface area contributed by atoms with Crippen molar-refractivity contribution >= 4 is 71.0 Å². The number of anilines is 2. The Hall–Kier alpha value is -5.69. The van der Waals surface area contributed by atoms with Crippen LogP contribution in [0.4, 0.5) is 17.1 Å². The lowest BCUT2D eigenvalue weighted by molar-refractivity contribution is -0.384. The Balaban J connectivity index is 1.02. The number of pyridine rings is 1. The number of allylic oxidation sites excluding steroid dienone is 1. The molecular weight excluding hydrogens is 870 g/mol. The minimum Gasteiger partial charge on any atom is -0.489 e. The number of carbonyl (C=O) groups is 1. The summed E-state index contributed by atoms with van der Waals surface area (Å²) in [6, 6.07) is 17.9. The highest BCUT2D eigenvalue weighted by Gasteiger charge is 2.33. The second-order valence-electron chi connectivity index (χ2n) is 17.1. The summed E-state index contributed by atoms with van der Waals surface area (Å²) in [7, 11) is -8.03. The number of H-pyrrole nitrogens is 1. The van der Waals surface area contributed by atoms with E-state index in [9.17, 15) is 31.7 Å². The monoisotopic (exact) mass is 917 g/mol. The third-order valence-corrected chi connectivity index (χ3v) is 14.3. The highest BCUT2D eigenvalue weighted by atomic mass is 35.5. The Morgan fingerprint density at radius 1 is 1.05 bits per heavy atom. The molecule has 2 aliphatic heterocycles. The van der Waals surface area contributed by atoms with Gasteiger partial charge in [0.15, 0.2) is 11.4 Å². The quantitative estimate of drug-likeness (QED) is 0.0777. The molecule has 2 aromatic heterocycles. The molecule has 1 atom stereocenters. The van der Waals surface area contributed by atoms with E-state index in [1.165, 1.54) is 29.0 Å². The van der Waals surface area contributed by atoms with Gasteiger partial charge in [-0.3, -0.25) is 19.8 Å². The molecule has 3 aliphatic rings. The number of hydrogen-bond acceptors (Lipinski definition) is 13. The number of carbonyl (C=O) groups excluding carboxylic acids is 1. The largest absolute Gasteiger partial charge is 0.489 e. The first-order valence-corrected chi connectivity index (χ1v) is 24.5. The SMILES string of the molecule is CC1(C)CCC(CN2CCN(c3ccc(C(=O)NS(=O)(=O)c4cc5c(c([N+](=O)[O-])c4)N[C@H](CCS(C)(=O)=O)CO5)c(Oc4cnc5[nH]ccc5c4)c3)CC2)=C(c2ccc(Cl)cc2)C1. The average molecular weight is 918 g/mol. The fourth-order valence-electron chi connectivity index (χ4n) is 8.30. The maximum Gasteiger partial charge on any atom is 0.297 e. The summed E-state index contributed by atoms with van der Waals surface area (Å²) >= 11 is 6.23. The summed E-state index contributed by atoms with van der Waals surface area (Å²) in [4.78, 5) is 36.9. The van der Waals surface area contributed by atoms with Gasteiger partial charge >= 0.3 is 0 Å². The third kappa shape index (κ3) is 10.2. The number of aromatic nitrogens is 2. The average Bonchev–Trinajstić information content (AvgIpc) is 3.71. The van der Waals surface area contributed by atoms with Gasteiger partial charge in [0.05, 0.1) is 33.4 Å². The van der Waals surface area contributed by atoms with E-state index >= 15 is 0 Å². The maximum absolute atomic E-state index is 14.0. The van der Waals surface area contributed by atoms with Crippen LogP contribution in [-0.4, -0.2) is 99.9 Å². The molecule has 332 valence electrons. The summed E-state index contributed by atoms with van der Waals surface area (Å²) in [6.07, 6.45) is 7.57. The van der Waals surface area contributed by atoms with Gasteiger partial charge in [0.2, 0.25) is 0 Å². The predicted octanol–water partition coefficient (Wildman–Crippen LogP) is 7.43. The molecule has 8 rings (SSSR count). The van der Waals surface area contributed by atoms with Gasteiger partial charge in [0, 0.05) is 79.5 Å². The van der Waals surface area contributed by atoms with Crippen molar-refractivity contribution in [3.05, 3.63) is 111 Å². The molecule has 0 unspecified atom stereocenters. The normalized spacial score (nSPS) is 18.0. The van der Waals surface area contributed by atoms with Gasteiger partial charge in [-0.05, 0) is 78.6 Å². The summed E-state index contributed by atoms with van der Waals surface area (Å²) < 4.78 is 65.1. The molecule has 1 saturated heterocycles. The topological polar surface area (TPSA) is 206 Å². The van der Waals surface area contributed by atoms with Gasteiger partial charge in [-0.1, -0.05) is 43.2 Å². The van der Waals surface area contributed by atoms with Crippen molar-refractivity contribution in [2.45, 2.75) is 50.5 Å². The zero-order valence-corrected chi connectivity index (χ0v) is 37.4. The lowest BCUT2D eigenvalue weighted by Gasteiger charge is -2.39. The number of rotatable bonds is 13. The first-order chi connectivity index (χ1) is 29.9. The number of piperazine rings is 1. The van der Waals surface area contributed by atoms with E-state index in [0.717, 1.165) is 68.4 Å². The van der Waals surface area contributed by atoms with E-state index in [-0.39, 0.29) is 46.9 Å². The zero-order valence-electron chi connectivity index (χ0n) is 35.0. The van der Waals surface area contributed by atoms with Gasteiger partial charge in [0.1, 0.15) is 33.6 Å². The van der Waals surface area contributed by atoms with Gasteiger partial charge in [-0.25, -0.2) is 26.5 Å². The number of halogens is 1. The number of nitrogens with zero attached hydrogens (tertiary/aromatic N) is 4. The van der Waals surface area contributed by atoms with Crippen molar-refractivity contribution < 1.29 is 36.0 Å². The van der Waals surface area contributed by atoms with Crippen molar-refractivity contribution in [3.8, 4) is 17.2 Å². The first-order valence-electron chi connectivity index (χ1n) is 20.6. The summed E-state index contributed by atoms with van der Waals surface area (Å²) in [6.45, 7) is 8.40. The highest BCUT2D eigenvalue weighted by molar-refractivity contribution is 7.90. The van der Waals surface area contributed by atoms with Crippen LogP contribution in [0, 0.1) is 15.5 Å². The molecule has 1 amide bonds. The van der Waals surface area contributed by atoms with Gasteiger partial charge in [-0.15, -0.1) is 0 Å². The van der Waals surface area contributed by atoms with Crippen LogP contribution in [0.25, 0.3) is 16.6 Å². The van der Waals surface area contributed by atoms with Crippen molar-refractivity contribution in [2.24, 2.45) is 5.41 Å².